The molecule has 1 aliphatic rings. The van der Waals surface area contributed by atoms with E-state index in [1.165, 1.54) is 13.3 Å². The minimum absolute atomic E-state index is 0.0835. The zero-order valence-electron chi connectivity index (χ0n) is 13.0. The molecule has 3 rings (SSSR count). The molecule has 1 fully saturated rings. The molecule has 2 amide bonds. The topological polar surface area (TPSA) is 84.7 Å². The molecule has 0 radical (unpaired) electrons. The Morgan fingerprint density at radius 1 is 1.43 bits per heavy atom. The summed E-state index contributed by atoms with van der Waals surface area (Å²) in [5.74, 6) is 0.768. The number of carbonyl (C=O) groups is 2. The van der Waals surface area contributed by atoms with Gasteiger partial charge in [0.25, 0.3) is 5.91 Å². The minimum atomic E-state index is -0.309. The van der Waals surface area contributed by atoms with E-state index in [4.69, 9.17) is 9.26 Å². The highest BCUT2D eigenvalue weighted by Gasteiger charge is 2.24. The Hall–Kier alpha value is -2.83. The van der Waals surface area contributed by atoms with Gasteiger partial charge in [0.15, 0.2) is 0 Å². The van der Waals surface area contributed by atoms with Crippen LogP contribution in [-0.4, -0.2) is 30.6 Å². The first-order valence-corrected chi connectivity index (χ1v) is 7.31. The Morgan fingerprint density at radius 2 is 2.26 bits per heavy atom. The molecule has 0 saturated carbocycles. The molecule has 1 aliphatic heterocycles. The monoisotopic (exact) mass is 315 g/mol. The van der Waals surface area contributed by atoms with Gasteiger partial charge in [-0.25, -0.2) is 0 Å². The fourth-order valence-electron chi connectivity index (χ4n) is 2.60. The largest absolute Gasteiger partial charge is 0.494 e. The van der Waals surface area contributed by atoms with E-state index in [9.17, 15) is 9.59 Å². The van der Waals surface area contributed by atoms with Crippen molar-refractivity contribution in [2.24, 2.45) is 0 Å². The van der Waals surface area contributed by atoms with Crippen molar-refractivity contribution in [2.45, 2.75) is 19.8 Å². The van der Waals surface area contributed by atoms with Gasteiger partial charge >= 0.3 is 0 Å². The number of ether oxygens (including phenoxy) is 1. The molecule has 2 heterocycles. The molecular weight excluding hydrogens is 298 g/mol. The van der Waals surface area contributed by atoms with Crippen LogP contribution in [0.5, 0.6) is 5.75 Å². The quantitative estimate of drug-likeness (QED) is 0.936. The second kappa shape index (κ2) is 6.12. The van der Waals surface area contributed by atoms with Gasteiger partial charge in [0.1, 0.15) is 17.1 Å². The summed E-state index contributed by atoms with van der Waals surface area (Å²) in [6.07, 6.45) is 2.76. The van der Waals surface area contributed by atoms with E-state index in [1.54, 1.807) is 30.0 Å². The molecular formula is C16H17N3O4. The molecule has 0 aliphatic carbocycles. The fraction of sp³-hybridized carbons (Fsp3) is 0.312. The lowest BCUT2D eigenvalue weighted by atomic mass is 10.2. The van der Waals surface area contributed by atoms with Crippen LogP contribution in [0.2, 0.25) is 0 Å². The molecule has 2 aromatic rings. The predicted molar refractivity (Wildman–Crippen MR) is 83.8 cm³/mol. The summed E-state index contributed by atoms with van der Waals surface area (Å²) < 4.78 is 10.3. The van der Waals surface area contributed by atoms with Crippen LogP contribution in [0, 0.1) is 6.92 Å². The molecule has 1 N–H and O–H groups in total. The van der Waals surface area contributed by atoms with Crippen molar-refractivity contribution in [3.8, 4) is 5.75 Å². The van der Waals surface area contributed by atoms with Crippen LogP contribution in [0.15, 0.2) is 28.9 Å². The van der Waals surface area contributed by atoms with Crippen LogP contribution in [0.1, 0.15) is 29.0 Å². The molecule has 0 spiro atoms. The number of hydrogen-bond acceptors (Lipinski definition) is 5. The molecule has 1 aromatic heterocycles. The maximum absolute atomic E-state index is 12.2. The van der Waals surface area contributed by atoms with Crippen LogP contribution in [0.3, 0.4) is 0 Å². The number of hydrogen-bond donors (Lipinski definition) is 1. The second-order valence-electron chi connectivity index (χ2n) is 5.29. The molecule has 0 bridgehead atoms. The molecule has 7 nitrogen and oxygen atoms in total. The molecule has 1 aromatic carbocycles. The van der Waals surface area contributed by atoms with E-state index in [0.29, 0.717) is 41.4 Å². The SMILES string of the molecule is COc1cc(NC(=O)c2cnoc2C)ccc1N1CCCC1=O. The van der Waals surface area contributed by atoms with Crippen molar-refractivity contribution in [3.05, 3.63) is 35.7 Å². The molecule has 1 saturated heterocycles. The highest BCUT2D eigenvalue weighted by atomic mass is 16.5. The average Bonchev–Trinajstić information content (AvgIpc) is 3.15. The van der Waals surface area contributed by atoms with Gasteiger partial charge in [-0.2, -0.15) is 0 Å². The summed E-state index contributed by atoms with van der Waals surface area (Å²) in [6.45, 7) is 2.35. The molecule has 0 atom stereocenters. The maximum atomic E-state index is 12.2. The highest BCUT2D eigenvalue weighted by molar-refractivity contribution is 6.05. The maximum Gasteiger partial charge on any atom is 0.260 e. The number of benzene rings is 1. The van der Waals surface area contributed by atoms with E-state index in [-0.39, 0.29) is 11.8 Å². The summed E-state index contributed by atoms with van der Waals surface area (Å²) in [7, 11) is 1.54. The number of methoxy groups -OCH3 is 1. The normalized spacial score (nSPS) is 14.2. The number of rotatable bonds is 4. The zero-order chi connectivity index (χ0) is 16.4. The van der Waals surface area contributed by atoms with Crippen LogP contribution in [0.25, 0.3) is 0 Å². The number of nitrogens with one attached hydrogen (secondary N) is 1. The Kier molecular flexibility index (Phi) is 4.01. The third-order valence-electron chi connectivity index (χ3n) is 3.80. The number of amides is 2. The van der Waals surface area contributed by atoms with Crippen molar-refractivity contribution in [2.75, 3.05) is 23.9 Å². The smallest absolute Gasteiger partial charge is 0.260 e. The molecule has 120 valence electrons. The summed E-state index contributed by atoms with van der Waals surface area (Å²) >= 11 is 0. The lowest BCUT2D eigenvalue weighted by molar-refractivity contribution is -0.117. The number of aromatic nitrogens is 1. The molecule has 0 unspecified atom stereocenters. The number of nitrogens with zero attached hydrogens (tertiary/aromatic N) is 2. The Morgan fingerprint density at radius 3 is 2.87 bits per heavy atom. The van der Waals surface area contributed by atoms with E-state index in [2.05, 4.69) is 10.5 Å². The zero-order valence-corrected chi connectivity index (χ0v) is 13.0. The first-order chi connectivity index (χ1) is 11.1. The van der Waals surface area contributed by atoms with Crippen LogP contribution in [-0.2, 0) is 4.79 Å². The Labute approximate surface area is 133 Å². The lowest BCUT2D eigenvalue weighted by Crippen LogP contribution is -2.24. The molecule has 23 heavy (non-hydrogen) atoms. The number of anilines is 2. The third-order valence-corrected chi connectivity index (χ3v) is 3.80. The van der Waals surface area contributed by atoms with Crippen LogP contribution >= 0.6 is 0 Å². The first kappa shape index (κ1) is 15.1. The second-order valence-corrected chi connectivity index (χ2v) is 5.29. The third kappa shape index (κ3) is 2.90. The lowest BCUT2D eigenvalue weighted by Gasteiger charge is -2.19. The molecule has 7 heteroatoms. The number of carbonyl (C=O) groups excluding carboxylic acids is 2. The van der Waals surface area contributed by atoms with E-state index >= 15 is 0 Å². The number of aryl methyl sites for hydroxylation is 1. The Balaban J connectivity index is 1.83. The standard InChI is InChI=1S/C16H17N3O4/c1-10-12(9-17-23-10)16(21)18-11-5-6-13(14(8-11)22-2)19-7-3-4-15(19)20/h5-6,8-9H,3-4,7H2,1-2H3,(H,18,21). The predicted octanol–water partition coefficient (Wildman–Crippen LogP) is 2.37. The van der Waals surface area contributed by atoms with Gasteiger partial charge in [0.05, 0.1) is 19.0 Å². The minimum Gasteiger partial charge on any atom is -0.494 e. The summed E-state index contributed by atoms with van der Waals surface area (Å²) in [4.78, 5) is 25.8. The summed E-state index contributed by atoms with van der Waals surface area (Å²) in [5, 5.41) is 6.35. The fourth-order valence-corrected chi connectivity index (χ4v) is 2.60. The van der Waals surface area contributed by atoms with Gasteiger partial charge in [0, 0.05) is 24.7 Å². The van der Waals surface area contributed by atoms with Gasteiger partial charge < -0.3 is 19.5 Å². The summed E-state index contributed by atoms with van der Waals surface area (Å²) in [5.41, 5.74) is 1.67. The van der Waals surface area contributed by atoms with E-state index in [0.717, 1.165) is 6.42 Å². The average molecular weight is 315 g/mol. The van der Waals surface area contributed by atoms with Crippen molar-refractivity contribution >= 4 is 23.2 Å². The van der Waals surface area contributed by atoms with Crippen LogP contribution < -0.4 is 15.0 Å². The van der Waals surface area contributed by atoms with Gasteiger partial charge in [-0.15, -0.1) is 0 Å². The van der Waals surface area contributed by atoms with E-state index < -0.39 is 0 Å². The highest BCUT2D eigenvalue weighted by Crippen LogP contribution is 2.34. The van der Waals surface area contributed by atoms with Crippen molar-refractivity contribution in [1.29, 1.82) is 0 Å². The van der Waals surface area contributed by atoms with Gasteiger partial charge in [0.2, 0.25) is 5.91 Å². The van der Waals surface area contributed by atoms with Gasteiger partial charge in [-0.3, -0.25) is 9.59 Å². The van der Waals surface area contributed by atoms with Gasteiger partial charge in [-0.1, -0.05) is 5.16 Å². The van der Waals surface area contributed by atoms with E-state index in [1.807, 2.05) is 0 Å². The van der Waals surface area contributed by atoms with Crippen molar-refractivity contribution in [3.63, 3.8) is 0 Å². The first-order valence-electron chi connectivity index (χ1n) is 7.31. The summed E-state index contributed by atoms with van der Waals surface area (Å²) in [6, 6.07) is 5.21. The van der Waals surface area contributed by atoms with Crippen molar-refractivity contribution in [1.82, 2.24) is 5.16 Å². The van der Waals surface area contributed by atoms with Gasteiger partial charge in [-0.05, 0) is 25.5 Å². The van der Waals surface area contributed by atoms with Crippen LogP contribution in [0.4, 0.5) is 11.4 Å². The Bertz CT molecular complexity index is 754. The van der Waals surface area contributed by atoms with Crippen molar-refractivity contribution < 1.29 is 18.8 Å².